The molecule has 1 aromatic rings. The first-order chi connectivity index (χ1) is 9.51. The van der Waals surface area contributed by atoms with Gasteiger partial charge in [-0.3, -0.25) is 4.79 Å². The number of carbonyl (C=O) groups is 1. The van der Waals surface area contributed by atoms with E-state index in [1.165, 1.54) is 5.56 Å². The first-order valence-corrected chi connectivity index (χ1v) is 8.13. The molecule has 3 nitrogen and oxygen atoms in total. The van der Waals surface area contributed by atoms with Gasteiger partial charge in [0.1, 0.15) is 0 Å². The molecule has 2 N–H and O–H groups in total. The molecule has 0 aromatic heterocycles. The van der Waals surface area contributed by atoms with Crippen LogP contribution < -0.4 is 5.73 Å². The average molecular weight is 292 g/mol. The largest absolute Gasteiger partial charge is 0.339 e. The van der Waals surface area contributed by atoms with Gasteiger partial charge in [0.05, 0.1) is 5.25 Å². The van der Waals surface area contributed by atoms with E-state index >= 15 is 0 Å². The van der Waals surface area contributed by atoms with Crippen LogP contribution in [0.25, 0.3) is 0 Å². The second-order valence-electron chi connectivity index (χ2n) is 5.75. The standard InChI is InChI=1S/C16H24N2OS/c1-11-4-6-15(7-5-11)20-13(3)16(19)18-10-14(9-17)8-12(18)2/h4-7,12-14H,8-10,17H2,1-3H3. The quantitative estimate of drug-likeness (QED) is 0.868. The van der Waals surface area contributed by atoms with Gasteiger partial charge in [-0.1, -0.05) is 17.7 Å². The minimum absolute atomic E-state index is 0.0447. The lowest BCUT2D eigenvalue weighted by atomic mass is 10.1. The molecule has 1 heterocycles. The number of nitrogens with zero attached hydrogens (tertiary/aromatic N) is 1. The van der Waals surface area contributed by atoms with Crippen molar-refractivity contribution < 1.29 is 4.79 Å². The summed E-state index contributed by atoms with van der Waals surface area (Å²) in [5.74, 6) is 0.699. The number of hydrogen-bond acceptors (Lipinski definition) is 3. The topological polar surface area (TPSA) is 46.3 Å². The van der Waals surface area contributed by atoms with E-state index in [2.05, 4.69) is 38.1 Å². The van der Waals surface area contributed by atoms with Crippen molar-refractivity contribution in [3.63, 3.8) is 0 Å². The summed E-state index contributed by atoms with van der Waals surface area (Å²) in [4.78, 5) is 15.7. The van der Waals surface area contributed by atoms with E-state index in [9.17, 15) is 4.79 Å². The van der Waals surface area contributed by atoms with Crippen molar-refractivity contribution in [1.29, 1.82) is 0 Å². The Morgan fingerprint density at radius 3 is 2.65 bits per heavy atom. The average Bonchev–Trinajstić information content (AvgIpc) is 2.81. The predicted molar refractivity (Wildman–Crippen MR) is 84.8 cm³/mol. The van der Waals surface area contributed by atoms with Crippen LogP contribution in [0.5, 0.6) is 0 Å². The third-order valence-electron chi connectivity index (χ3n) is 3.96. The van der Waals surface area contributed by atoms with Crippen molar-refractivity contribution in [2.24, 2.45) is 11.7 Å². The monoisotopic (exact) mass is 292 g/mol. The third kappa shape index (κ3) is 3.55. The maximum atomic E-state index is 12.6. The zero-order valence-electron chi connectivity index (χ0n) is 12.5. The van der Waals surface area contributed by atoms with E-state index in [1.54, 1.807) is 11.8 Å². The van der Waals surface area contributed by atoms with Gasteiger partial charge < -0.3 is 10.6 Å². The second-order valence-corrected chi connectivity index (χ2v) is 7.16. The van der Waals surface area contributed by atoms with Crippen LogP contribution in [0.1, 0.15) is 25.8 Å². The van der Waals surface area contributed by atoms with Crippen molar-refractivity contribution in [1.82, 2.24) is 4.90 Å². The fraction of sp³-hybridized carbons (Fsp3) is 0.562. The summed E-state index contributed by atoms with van der Waals surface area (Å²) in [6, 6.07) is 8.65. The lowest BCUT2D eigenvalue weighted by Crippen LogP contribution is -2.39. The Labute approximate surface area is 125 Å². The molecule has 1 aliphatic rings. The van der Waals surface area contributed by atoms with Crippen molar-refractivity contribution >= 4 is 17.7 Å². The van der Waals surface area contributed by atoms with E-state index in [4.69, 9.17) is 5.73 Å². The first-order valence-electron chi connectivity index (χ1n) is 7.25. The van der Waals surface area contributed by atoms with Gasteiger partial charge in [-0.15, -0.1) is 11.8 Å². The molecule has 0 radical (unpaired) electrons. The molecular weight excluding hydrogens is 268 g/mol. The number of benzene rings is 1. The summed E-state index contributed by atoms with van der Waals surface area (Å²) in [7, 11) is 0. The Bertz CT molecular complexity index is 460. The van der Waals surface area contributed by atoms with Crippen molar-refractivity contribution in [3.05, 3.63) is 29.8 Å². The van der Waals surface area contributed by atoms with Crippen LogP contribution in [0.4, 0.5) is 0 Å². The van der Waals surface area contributed by atoms with E-state index in [1.807, 2.05) is 11.8 Å². The molecule has 0 spiro atoms. The lowest BCUT2D eigenvalue weighted by Gasteiger charge is -2.25. The molecule has 0 bridgehead atoms. The van der Waals surface area contributed by atoms with Crippen LogP contribution >= 0.6 is 11.8 Å². The van der Waals surface area contributed by atoms with Gasteiger partial charge in [-0.2, -0.15) is 0 Å². The minimum atomic E-state index is -0.0447. The molecule has 2 rings (SSSR count). The van der Waals surface area contributed by atoms with E-state index in [0.29, 0.717) is 18.5 Å². The van der Waals surface area contributed by atoms with Crippen LogP contribution in [0, 0.1) is 12.8 Å². The normalized spacial score (nSPS) is 23.9. The van der Waals surface area contributed by atoms with Gasteiger partial charge in [0, 0.05) is 17.5 Å². The summed E-state index contributed by atoms with van der Waals surface area (Å²) in [5, 5.41) is -0.0447. The van der Waals surface area contributed by atoms with E-state index < -0.39 is 0 Å². The molecule has 110 valence electrons. The molecule has 1 aliphatic heterocycles. The Morgan fingerprint density at radius 2 is 2.10 bits per heavy atom. The van der Waals surface area contributed by atoms with Crippen LogP contribution in [0.3, 0.4) is 0 Å². The highest BCUT2D eigenvalue weighted by Crippen LogP contribution is 2.29. The second kappa shape index (κ2) is 6.64. The Morgan fingerprint density at radius 1 is 1.45 bits per heavy atom. The molecule has 1 saturated heterocycles. The summed E-state index contributed by atoms with van der Waals surface area (Å²) in [6.07, 6.45) is 1.03. The Kier molecular flexibility index (Phi) is 5.11. The maximum Gasteiger partial charge on any atom is 0.236 e. The van der Waals surface area contributed by atoms with Crippen molar-refractivity contribution in [2.75, 3.05) is 13.1 Å². The van der Waals surface area contributed by atoms with Gasteiger partial charge in [0.2, 0.25) is 5.91 Å². The fourth-order valence-corrected chi connectivity index (χ4v) is 3.66. The van der Waals surface area contributed by atoms with E-state index in [-0.39, 0.29) is 11.2 Å². The lowest BCUT2D eigenvalue weighted by molar-refractivity contribution is -0.130. The van der Waals surface area contributed by atoms with Crippen LogP contribution in [-0.4, -0.2) is 35.2 Å². The molecule has 3 unspecified atom stereocenters. The van der Waals surface area contributed by atoms with Gasteiger partial charge in [0.15, 0.2) is 0 Å². The molecule has 4 heteroatoms. The van der Waals surface area contributed by atoms with Crippen molar-refractivity contribution in [2.45, 2.75) is 43.4 Å². The summed E-state index contributed by atoms with van der Waals surface area (Å²) < 4.78 is 0. The zero-order chi connectivity index (χ0) is 14.7. The third-order valence-corrected chi connectivity index (χ3v) is 5.06. The zero-order valence-corrected chi connectivity index (χ0v) is 13.3. The highest BCUT2D eigenvalue weighted by atomic mass is 32.2. The predicted octanol–water partition coefficient (Wildman–Crippen LogP) is 2.67. The first kappa shape index (κ1) is 15.4. The molecule has 3 atom stereocenters. The van der Waals surface area contributed by atoms with Crippen LogP contribution in [0.2, 0.25) is 0 Å². The summed E-state index contributed by atoms with van der Waals surface area (Å²) >= 11 is 1.64. The molecule has 1 fully saturated rings. The smallest absolute Gasteiger partial charge is 0.236 e. The van der Waals surface area contributed by atoms with Gasteiger partial charge in [0.25, 0.3) is 0 Å². The molecule has 1 aromatic carbocycles. The van der Waals surface area contributed by atoms with Gasteiger partial charge >= 0.3 is 0 Å². The summed E-state index contributed by atoms with van der Waals surface area (Å²) in [5.41, 5.74) is 6.97. The van der Waals surface area contributed by atoms with E-state index in [0.717, 1.165) is 17.9 Å². The number of likely N-dealkylation sites (tertiary alicyclic amines) is 1. The molecule has 0 aliphatic carbocycles. The van der Waals surface area contributed by atoms with Crippen molar-refractivity contribution in [3.8, 4) is 0 Å². The van der Waals surface area contributed by atoms with Gasteiger partial charge in [-0.05, 0) is 51.8 Å². The summed E-state index contributed by atoms with van der Waals surface area (Å²) in [6.45, 7) is 7.68. The van der Waals surface area contributed by atoms with Gasteiger partial charge in [-0.25, -0.2) is 0 Å². The number of hydrogen-bond donors (Lipinski definition) is 1. The maximum absolute atomic E-state index is 12.6. The Balaban J connectivity index is 1.96. The van der Waals surface area contributed by atoms with Crippen LogP contribution in [-0.2, 0) is 4.79 Å². The fourth-order valence-electron chi connectivity index (χ4n) is 2.73. The highest BCUT2D eigenvalue weighted by molar-refractivity contribution is 8.00. The molecule has 20 heavy (non-hydrogen) atoms. The number of thioether (sulfide) groups is 1. The number of aryl methyl sites for hydroxylation is 1. The van der Waals surface area contributed by atoms with Crippen LogP contribution in [0.15, 0.2) is 29.2 Å². The molecule has 1 amide bonds. The SMILES string of the molecule is Cc1ccc(SC(C)C(=O)N2CC(CN)CC2C)cc1. The number of amides is 1. The molecule has 0 saturated carbocycles. The number of rotatable bonds is 4. The number of carbonyl (C=O) groups excluding carboxylic acids is 1. The highest BCUT2D eigenvalue weighted by Gasteiger charge is 2.33. The number of nitrogens with two attached hydrogens (primary N) is 1. The Hall–Kier alpha value is -1.00. The minimum Gasteiger partial charge on any atom is -0.339 e. The molecular formula is C16H24N2OS.